The van der Waals surface area contributed by atoms with Crippen LogP contribution >= 0.6 is 11.6 Å². The lowest BCUT2D eigenvalue weighted by atomic mass is 10.2. The number of carbonyl (C=O) groups excluding carboxylic acids is 1. The molecule has 13 heteroatoms. The molecule has 1 aliphatic rings. The van der Waals surface area contributed by atoms with Crippen molar-refractivity contribution in [3.63, 3.8) is 0 Å². The van der Waals surface area contributed by atoms with Gasteiger partial charge < -0.3 is 14.8 Å². The lowest BCUT2D eigenvalue weighted by Gasteiger charge is -2.26. The first-order chi connectivity index (χ1) is 18.5. The Morgan fingerprint density at radius 3 is 2.21 bits per heavy atom. The van der Waals surface area contributed by atoms with Gasteiger partial charge in [0, 0.05) is 18.1 Å². The Balaban J connectivity index is 1.65. The molecular weight excluding hydrogens is 566 g/mol. The van der Waals surface area contributed by atoms with Gasteiger partial charge in [0.15, 0.2) is 0 Å². The lowest BCUT2D eigenvalue weighted by Crippen LogP contribution is -2.40. The van der Waals surface area contributed by atoms with Gasteiger partial charge in [-0.3, -0.25) is 9.10 Å². The number of hydrogen-bond acceptors (Lipinski definition) is 7. The zero-order valence-electron chi connectivity index (χ0n) is 21.3. The summed E-state index contributed by atoms with van der Waals surface area (Å²) < 4.78 is 66.3. The number of anilines is 2. The van der Waals surface area contributed by atoms with Crippen molar-refractivity contribution in [2.45, 2.75) is 16.7 Å². The molecule has 1 heterocycles. The molecule has 1 amide bonds. The number of nitrogens with one attached hydrogen (secondary N) is 1. The Hall–Kier alpha value is -3.16. The summed E-state index contributed by atoms with van der Waals surface area (Å²) in [5.74, 6) is -0.497. The van der Waals surface area contributed by atoms with Crippen molar-refractivity contribution < 1.29 is 31.1 Å². The summed E-state index contributed by atoms with van der Waals surface area (Å²) in [4.78, 5) is 13.2. The Bertz CT molecular complexity index is 1540. The number of amides is 1. The summed E-state index contributed by atoms with van der Waals surface area (Å²) in [6.07, 6.45) is 0. The van der Waals surface area contributed by atoms with Crippen LogP contribution in [0.25, 0.3) is 0 Å². The van der Waals surface area contributed by atoms with Crippen molar-refractivity contribution >= 4 is 48.9 Å². The van der Waals surface area contributed by atoms with Crippen LogP contribution in [0.15, 0.2) is 76.5 Å². The number of hydrogen-bond donors (Lipinski definition) is 1. The SMILES string of the molecule is COc1ccc(S(=O)(=O)N2CCOCC2)cc1NC(=O)CN(c1ccc(Cl)cc1)S(=O)(=O)c1ccc(C)cc1. The molecule has 1 saturated heterocycles. The molecule has 0 aliphatic carbocycles. The van der Waals surface area contributed by atoms with Crippen molar-refractivity contribution in [2.75, 3.05) is 49.6 Å². The van der Waals surface area contributed by atoms with Gasteiger partial charge in [0.2, 0.25) is 15.9 Å². The van der Waals surface area contributed by atoms with Crippen LogP contribution < -0.4 is 14.4 Å². The van der Waals surface area contributed by atoms with E-state index >= 15 is 0 Å². The van der Waals surface area contributed by atoms with Crippen molar-refractivity contribution in [1.82, 2.24) is 4.31 Å². The van der Waals surface area contributed by atoms with Gasteiger partial charge in [-0.25, -0.2) is 16.8 Å². The van der Waals surface area contributed by atoms with Crippen molar-refractivity contribution in [2.24, 2.45) is 0 Å². The van der Waals surface area contributed by atoms with E-state index in [0.29, 0.717) is 5.02 Å². The molecule has 0 unspecified atom stereocenters. The van der Waals surface area contributed by atoms with E-state index < -0.39 is 32.5 Å². The number of rotatable bonds is 9. The van der Waals surface area contributed by atoms with Gasteiger partial charge in [-0.2, -0.15) is 4.31 Å². The van der Waals surface area contributed by atoms with E-state index in [2.05, 4.69) is 5.32 Å². The molecular formula is C26H28ClN3O7S2. The third-order valence-corrected chi connectivity index (χ3v) is 10.00. The van der Waals surface area contributed by atoms with Gasteiger partial charge in [-0.1, -0.05) is 29.3 Å². The minimum absolute atomic E-state index is 0.00651. The normalized spacial score (nSPS) is 14.5. The number of benzene rings is 3. The number of halogens is 1. The number of sulfonamides is 2. The van der Waals surface area contributed by atoms with Gasteiger partial charge in [0.1, 0.15) is 12.3 Å². The molecule has 10 nitrogen and oxygen atoms in total. The smallest absolute Gasteiger partial charge is 0.264 e. The summed E-state index contributed by atoms with van der Waals surface area (Å²) in [6, 6.07) is 16.4. The molecule has 0 aromatic heterocycles. The Kier molecular flexibility index (Phi) is 8.82. The molecule has 0 saturated carbocycles. The Morgan fingerprint density at radius 2 is 1.59 bits per heavy atom. The molecule has 208 valence electrons. The molecule has 0 spiro atoms. The molecule has 1 fully saturated rings. The van der Waals surface area contributed by atoms with Gasteiger partial charge in [0.05, 0.1) is 41.5 Å². The van der Waals surface area contributed by atoms with Gasteiger partial charge in [-0.05, 0) is 61.5 Å². The van der Waals surface area contributed by atoms with E-state index in [9.17, 15) is 21.6 Å². The van der Waals surface area contributed by atoms with Crippen LogP contribution in [-0.4, -0.2) is 67.0 Å². The summed E-state index contributed by atoms with van der Waals surface area (Å²) in [6.45, 7) is 2.24. The average molecular weight is 594 g/mol. The van der Waals surface area contributed by atoms with E-state index in [-0.39, 0.29) is 53.2 Å². The van der Waals surface area contributed by atoms with Crippen LogP contribution in [0.2, 0.25) is 5.02 Å². The zero-order valence-corrected chi connectivity index (χ0v) is 23.7. The Morgan fingerprint density at radius 1 is 0.974 bits per heavy atom. The second kappa shape index (κ2) is 11.9. The first kappa shape index (κ1) is 28.8. The number of methoxy groups -OCH3 is 1. The van der Waals surface area contributed by atoms with Crippen LogP contribution in [0.4, 0.5) is 11.4 Å². The van der Waals surface area contributed by atoms with Crippen LogP contribution in [0.5, 0.6) is 5.75 Å². The molecule has 0 radical (unpaired) electrons. The van der Waals surface area contributed by atoms with Gasteiger partial charge in [-0.15, -0.1) is 0 Å². The molecule has 1 aliphatic heterocycles. The summed E-state index contributed by atoms with van der Waals surface area (Å²) in [5.41, 5.74) is 1.19. The minimum atomic E-state index is -4.15. The van der Waals surface area contributed by atoms with Crippen LogP contribution in [0.3, 0.4) is 0 Å². The zero-order chi connectivity index (χ0) is 28.2. The average Bonchev–Trinajstić information content (AvgIpc) is 2.93. The van der Waals surface area contributed by atoms with E-state index in [1.54, 1.807) is 12.1 Å². The maximum Gasteiger partial charge on any atom is 0.264 e. The molecule has 0 bridgehead atoms. The number of aryl methyl sites for hydroxylation is 1. The van der Waals surface area contributed by atoms with E-state index in [1.807, 2.05) is 6.92 Å². The molecule has 3 aromatic carbocycles. The minimum Gasteiger partial charge on any atom is -0.495 e. The quantitative estimate of drug-likeness (QED) is 0.403. The van der Waals surface area contributed by atoms with Crippen LogP contribution in [0.1, 0.15) is 5.56 Å². The second-order valence-electron chi connectivity index (χ2n) is 8.73. The molecule has 1 N–H and O–H groups in total. The van der Waals surface area contributed by atoms with E-state index in [1.165, 1.54) is 66.0 Å². The van der Waals surface area contributed by atoms with E-state index in [0.717, 1.165) is 9.87 Å². The molecule has 0 atom stereocenters. The fourth-order valence-electron chi connectivity index (χ4n) is 3.96. The maximum atomic E-state index is 13.6. The highest BCUT2D eigenvalue weighted by molar-refractivity contribution is 7.92. The number of nitrogens with zero attached hydrogens (tertiary/aromatic N) is 2. The topological polar surface area (TPSA) is 122 Å². The van der Waals surface area contributed by atoms with Crippen molar-refractivity contribution in [1.29, 1.82) is 0 Å². The number of carbonyl (C=O) groups is 1. The molecule has 3 aromatic rings. The first-order valence-electron chi connectivity index (χ1n) is 11.9. The Labute approximate surface area is 233 Å². The monoisotopic (exact) mass is 593 g/mol. The fraction of sp³-hybridized carbons (Fsp3) is 0.269. The highest BCUT2D eigenvalue weighted by Gasteiger charge is 2.29. The van der Waals surface area contributed by atoms with Crippen LogP contribution in [0, 0.1) is 6.92 Å². The molecule has 39 heavy (non-hydrogen) atoms. The van der Waals surface area contributed by atoms with Gasteiger partial charge >= 0.3 is 0 Å². The third kappa shape index (κ3) is 6.53. The van der Waals surface area contributed by atoms with Crippen molar-refractivity contribution in [3.8, 4) is 5.75 Å². The highest BCUT2D eigenvalue weighted by atomic mass is 35.5. The standard InChI is InChI=1S/C26H28ClN3O7S2/c1-19-3-9-22(10-4-19)39(34,35)30(21-7-5-20(27)6-8-21)18-26(31)28-24-17-23(11-12-25(24)36-2)38(32,33)29-13-15-37-16-14-29/h3-12,17H,13-16,18H2,1-2H3,(H,28,31). The van der Waals surface area contributed by atoms with Gasteiger partial charge in [0.25, 0.3) is 10.0 Å². The number of ether oxygens (including phenoxy) is 2. The fourth-order valence-corrected chi connectivity index (χ4v) is 6.94. The highest BCUT2D eigenvalue weighted by Crippen LogP contribution is 2.30. The summed E-state index contributed by atoms with van der Waals surface area (Å²) in [5, 5.41) is 3.02. The largest absolute Gasteiger partial charge is 0.495 e. The first-order valence-corrected chi connectivity index (χ1v) is 15.2. The lowest BCUT2D eigenvalue weighted by molar-refractivity contribution is -0.114. The maximum absolute atomic E-state index is 13.6. The summed E-state index contributed by atoms with van der Waals surface area (Å²) in [7, 11) is -6.62. The van der Waals surface area contributed by atoms with Crippen molar-refractivity contribution in [3.05, 3.63) is 77.3 Å². The third-order valence-electron chi connectivity index (χ3n) is 6.06. The predicted molar refractivity (Wildman–Crippen MR) is 148 cm³/mol. The predicted octanol–water partition coefficient (Wildman–Crippen LogP) is 3.51. The molecule has 4 rings (SSSR count). The van der Waals surface area contributed by atoms with E-state index in [4.69, 9.17) is 21.1 Å². The number of morpholine rings is 1. The van der Waals surface area contributed by atoms with Crippen LogP contribution in [-0.2, 0) is 29.6 Å². The second-order valence-corrected chi connectivity index (χ2v) is 13.0. The summed E-state index contributed by atoms with van der Waals surface area (Å²) >= 11 is 6.00.